The van der Waals surface area contributed by atoms with Crippen molar-refractivity contribution >= 4 is 6.09 Å². The van der Waals surface area contributed by atoms with Crippen LogP contribution in [0.1, 0.15) is 18.9 Å². The van der Waals surface area contributed by atoms with E-state index in [1.54, 1.807) is 4.90 Å². The fourth-order valence-electron chi connectivity index (χ4n) is 1.95. The van der Waals surface area contributed by atoms with Crippen LogP contribution in [0.25, 0.3) is 0 Å². The zero-order valence-electron chi connectivity index (χ0n) is 10.1. The third kappa shape index (κ3) is 3.20. The molecule has 0 aliphatic carbocycles. The summed E-state index contributed by atoms with van der Waals surface area (Å²) in [5.74, 6) is 0. The number of likely N-dealkylation sites (tertiary alicyclic amines) is 1. The maximum absolute atomic E-state index is 11.8. The predicted molar refractivity (Wildman–Crippen MR) is 65.4 cm³/mol. The van der Waals surface area contributed by atoms with Crippen molar-refractivity contribution in [2.45, 2.75) is 25.5 Å². The van der Waals surface area contributed by atoms with Gasteiger partial charge in [0.05, 0.1) is 0 Å². The lowest BCUT2D eigenvalue weighted by molar-refractivity contribution is 0.103. The van der Waals surface area contributed by atoms with Crippen LogP contribution < -0.4 is 5.73 Å². The molecule has 1 aliphatic heterocycles. The van der Waals surface area contributed by atoms with E-state index in [4.69, 9.17) is 10.5 Å². The van der Waals surface area contributed by atoms with Crippen molar-refractivity contribution in [1.29, 1.82) is 0 Å². The van der Waals surface area contributed by atoms with E-state index < -0.39 is 0 Å². The molecule has 4 heteroatoms. The van der Waals surface area contributed by atoms with E-state index >= 15 is 0 Å². The van der Waals surface area contributed by atoms with Crippen LogP contribution in [0.4, 0.5) is 4.79 Å². The molecule has 17 heavy (non-hydrogen) atoms. The van der Waals surface area contributed by atoms with Crippen LogP contribution in [-0.2, 0) is 11.3 Å². The van der Waals surface area contributed by atoms with E-state index in [1.807, 2.05) is 37.3 Å². The molecule has 1 heterocycles. The first-order valence-electron chi connectivity index (χ1n) is 5.81. The van der Waals surface area contributed by atoms with E-state index in [0.717, 1.165) is 12.0 Å². The Morgan fingerprint density at radius 1 is 1.47 bits per heavy atom. The Bertz CT molecular complexity index is 390. The lowest BCUT2D eigenvalue weighted by Crippen LogP contribution is -2.40. The van der Waals surface area contributed by atoms with Gasteiger partial charge in [-0.2, -0.15) is 0 Å². The summed E-state index contributed by atoms with van der Waals surface area (Å²) in [5, 5.41) is 0. The Balaban J connectivity index is 1.83. The average Bonchev–Trinajstić information content (AvgIpc) is 2.68. The number of hydrogen-bond acceptors (Lipinski definition) is 3. The van der Waals surface area contributed by atoms with Crippen molar-refractivity contribution in [2.75, 3.05) is 13.1 Å². The molecule has 0 radical (unpaired) electrons. The number of nitrogens with two attached hydrogens (primary N) is 1. The molecular weight excluding hydrogens is 216 g/mol. The summed E-state index contributed by atoms with van der Waals surface area (Å²) in [6.07, 6.45) is 0.552. The van der Waals surface area contributed by atoms with Gasteiger partial charge < -0.3 is 15.4 Å². The average molecular weight is 234 g/mol. The van der Waals surface area contributed by atoms with Gasteiger partial charge in [0.1, 0.15) is 6.61 Å². The SMILES string of the molecule is C[C@]1(N)CCN(C(=O)OCc2ccccc2)C1. The molecule has 1 aliphatic rings. The second-order valence-electron chi connectivity index (χ2n) is 4.87. The molecule has 1 aromatic carbocycles. The standard InChI is InChI=1S/C13H18N2O2/c1-13(14)7-8-15(10-13)12(16)17-9-11-5-3-2-4-6-11/h2-6H,7-10,14H2,1H3/t13-/m0/s1. The van der Waals surface area contributed by atoms with Crippen molar-refractivity contribution < 1.29 is 9.53 Å². The molecule has 92 valence electrons. The number of carbonyl (C=O) groups is 1. The molecule has 0 aromatic heterocycles. The molecule has 0 unspecified atom stereocenters. The summed E-state index contributed by atoms with van der Waals surface area (Å²) in [4.78, 5) is 13.4. The molecule has 1 fully saturated rings. The number of rotatable bonds is 2. The molecule has 1 aromatic rings. The molecule has 0 bridgehead atoms. The summed E-state index contributed by atoms with van der Waals surface area (Å²) in [6, 6.07) is 9.66. The molecule has 1 atom stereocenters. The van der Waals surface area contributed by atoms with Crippen LogP contribution in [0.5, 0.6) is 0 Å². The normalized spacial score (nSPS) is 23.8. The van der Waals surface area contributed by atoms with E-state index in [-0.39, 0.29) is 11.6 Å². The number of hydrogen-bond donors (Lipinski definition) is 1. The first-order valence-corrected chi connectivity index (χ1v) is 5.81. The zero-order chi connectivity index (χ0) is 12.3. The Labute approximate surface area is 101 Å². The summed E-state index contributed by atoms with van der Waals surface area (Å²) in [7, 11) is 0. The van der Waals surface area contributed by atoms with Crippen molar-refractivity contribution in [3.8, 4) is 0 Å². The number of nitrogens with zero attached hydrogens (tertiary/aromatic N) is 1. The Hall–Kier alpha value is -1.55. The van der Waals surface area contributed by atoms with Gasteiger partial charge in [0.2, 0.25) is 0 Å². The summed E-state index contributed by atoms with van der Waals surface area (Å²) in [5.41, 5.74) is 6.69. The Kier molecular flexibility index (Phi) is 3.33. The third-order valence-corrected chi connectivity index (χ3v) is 2.97. The van der Waals surface area contributed by atoms with Crippen LogP contribution in [0.15, 0.2) is 30.3 Å². The molecule has 2 N–H and O–H groups in total. The van der Waals surface area contributed by atoms with Gasteiger partial charge >= 0.3 is 6.09 Å². The first kappa shape index (κ1) is 11.9. The van der Waals surface area contributed by atoms with Crippen LogP contribution in [0, 0.1) is 0 Å². The second kappa shape index (κ2) is 4.75. The van der Waals surface area contributed by atoms with Crippen LogP contribution in [0.2, 0.25) is 0 Å². The molecule has 0 saturated carbocycles. The highest BCUT2D eigenvalue weighted by atomic mass is 16.6. The fourth-order valence-corrected chi connectivity index (χ4v) is 1.95. The van der Waals surface area contributed by atoms with Gasteiger partial charge in [0, 0.05) is 18.6 Å². The minimum absolute atomic E-state index is 0.272. The largest absolute Gasteiger partial charge is 0.445 e. The van der Waals surface area contributed by atoms with E-state index in [2.05, 4.69) is 0 Å². The van der Waals surface area contributed by atoms with Crippen LogP contribution >= 0.6 is 0 Å². The zero-order valence-corrected chi connectivity index (χ0v) is 10.1. The highest BCUT2D eigenvalue weighted by Crippen LogP contribution is 2.18. The van der Waals surface area contributed by atoms with Gasteiger partial charge in [-0.3, -0.25) is 0 Å². The van der Waals surface area contributed by atoms with Crippen molar-refractivity contribution in [3.05, 3.63) is 35.9 Å². The van der Waals surface area contributed by atoms with Gasteiger partial charge in [-0.1, -0.05) is 30.3 Å². The monoisotopic (exact) mass is 234 g/mol. The molecule has 4 nitrogen and oxygen atoms in total. The number of carbonyl (C=O) groups excluding carboxylic acids is 1. The van der Waals surface area contributed by atoms with Crippen molar-refractivity contribution in [2.24, 2.45) is 5.73 Å². The van der Waals surface area contributed by atoms with Gasteiger partial charge in [0.15, 0.2) is 0 Å². The molecule has 1 saturated heterocycles. The minimum atomic E-state index is -0.275. The maximum Gasteiger partial charge on any atom is 0.410 e. The highest BCUT2D eigenvalue weighted by molar-refractivity contribution is 5.68. The third-order valence-electron chi connectivity index (χ3n) is 2.97. The lowest BCUT2D eigenvalue weighted by atomic mass is 10.0. The Morgan fingerprint density at radius 2 is 2.18 bits per heavy atom. The van der Waals surface area contributed by atoms with E-state index in [9.17, 15) is 4.79 Å². The van der Waals surface area contributed by atoms with E-state index in [1.165, 1.54) is 0 Å². The van der Waals surface area contributed by atoms with Gasteiger partial charge in [0.25, 0.3) is 0 Å². The molecule has 2 rings (SSSR count). The Morgan fingerprint density at radius 3 is 2.76 bits per heavy atom. The van der Waals surface area contributed by atoms with Gasteiger partial charge in [-0.25, -0.2) is 4.79 Å². The van der Waals surface area contributed by atoms with Crippen molar-refractivity contribution in [1.82, 2.24) is 4.90 Å². The fraction of sp³-hybridized carbons (Fsp3) is 0.462. The van der Waals surface area contributed by atoms with Crippen LogP contribution in [-0.4, -0.2) is 29.6 Å². The number of benzene rings is 1. The number of ether oxygens (including phenoxy) is 1. The van der Waals surface area contributed by atoms with Crippen LogP contribution in [0.3, 0.4) is 0 Å². The molecule has 0 spiro atoms. The quantitative estimate of drug-likeness (QED) is 0.848. The minimum Gasteiger partial charge on any atom is -0.445 e. The summed E-state index contributed by atoms with van der Waals surface area (Å²) >= 11 is 0. The van der Waals surface area contributed by atoms with Gasteiger partial charge in [-0.15, -0.1) is 0 Å². The molecule has 1 amide bonds. The summed E-state index contributed by atoms with van der Waals surface area (Å²) in [6.45, 7) is 3.52. The summed E-state index contributed by atoms with van der Waals surface area (Å²) < 4.78 is 5.24. The highest BCUT2D eigenvalue weighted by Gasteiger charge is 2.33. The van der Waals surface area contributed by atoms with Gasteiger partial charge in [-0.05, 0) is 18.9 Å². The topological polar surface area (TPSA) is 55.6 Å². The second-order valence-corrected chi connectivity index (χ2v) is 4.87. The maximum atomic E-state index is 11.8. The molecular formula is C13H18N2O2. The van der Waals surface area contributed by atoms with E-state index in [0.29, 0.717) is 19.7 Å². The lowest BCUT2D eigenvalue weighted by Gasteiger charge is -2.19. The smallest absolute Gasteiger partial charge is 0.410 e. The predicted octanol–water partition coefficient (Wildman–Crippen LogP) is 1.75. The van der Waals surface area contributed by atoms with Crippen molar-refractivity contribution in [3.63, 3.8) is 0 Å². The number of amides is 1. The first-order chi connectivity index (χ1) is 8.07.